The van der Waals surface area contributed by atoms with Gasteiger partial charge in [0.1, 0.15) is 0 Å². The van der Waals surface area contributed by atoms with Crippen molar-refractivity contribution in [2.24, 2.45) is 5.92 Å². The average molecular weight is 419 g/mol. The van der Waals surface area contributed by atoms with Gasteiger partial charge in [-0.3, -0.25) is 0 Å². The highest BCUT2D eigenvalue weighted by molar-refractivity contribution is 5.21. The van der Waals surface area contributed by atoms with Gasteiger partial charge in [0.15, 0.2) is 0 Å². The second-order valence-electron chi connectivity index (χ2n) is 9.77. The lowest BCUT2D eigenvalue weighted by molar-refractivity contribution is -0.157. The Balaban J connectivity index is 1.28. The Labute approximate surface area is 182 Å². The summed E-state index contributed by atoms with van der Waals surface area (Å²) in [7, 11) is 0. The van der Waals surface area contributed by atoms with Crippen LogP contribution < -0.4 is 5.32 Å². The Morgan fingerprint density at radius 2 is 2.00 bits per heavy atom. The molecular weight excluding hydrogens is 376 g/mol. The quantitative estimate of drug-likeness (QED) is 0.632. The molecule has 0 aromatic carbocycles. The van der Waals surface area contributed by atoms with Crippen molar-refractivity contribution in [1.82, 2.24) is 10.2 Å². The summed E-state index contributed by atoms with van der Waals surface area (Å²) in [5.41, 5.74) is 0.854. The molecule has 3 fully saturated rings. The lowest BCUT2D eigenvalue weighted by Gasteiger charge is -2.47. The molecule has 2 aliphatic carbocycles. The Morgan fingerprint density at radius 3 is 2.70 bits per heavy atom. The van der Waals surface area contributed by atoms with Gasteiger partial charge >= 0.3 is 0 Å². The van der Waals surface area contributed by atoms with E-state index in [1.54, 1.807) is 0 Å². The maximum Gasteiger partial charge on any atom is 0.0809 e. The third-order valence-corrected chi connectivity index (χ3v) is 7.61. The number of allylic oxidation sites excluding steroid dienone is 3. The maximum absolute atomic E-state index is 11.6. The highest BCUT2D eigenvalue weighted by atomic mass is 16.5. The van der Waals surface area contributed by atoms with Crippen molar-refractivity contribution in [3.05, 3.63) is 23.8 Å². The Kier molecular flexibility index (Phi) is 8.42. The number of rotatable bonds is 8. The van der Waals surface area contributed by atoms with E-state index < -0.39 is 5.60 Å². The minimum Gasteiger partial charge on any atom is -0.389 e. The van der Waals surface area contributed by atoms with Crippen LogP contribution in [0.1, 0.15) is 64.2 Å². The molecule has 5 nitrogen and oxygen atoms in total. The minimum absolute atomic E-state index is 0.159. The zero-order valence-electron chi connectivity index (χ0n) is 18.7. The zero-order chi connectivity index (χ0) is 20.7. The molecule has 0 aromatic rings. The molecule has 2 aliphatic heterocycles. The van der Waals surface area contributed by atoms with Crippen LogP contribution in [-0.4, -0.2) is 73.8 Å². The molecule has 0 amide bonds. The standard InChI is InChI=1S/C25H42N2O3/c28-25(12-5-2-6-13-25)23(19-27-16-14-26-15-17-27)24-10-9-22(20-30-24)29-18-11-21-7-3-1-4-8-21/h3,7-8,22-24,26,28H,1-2,4-6,9-20H2. The normalized spacial score (nSPS) is 31.3. The highest BCUT2D eigenvalue weighted by Crippen LogP contribution is 2.39. The zero-order valence-corrected chi connectivity index (χ0v) is 18.7. The predicted octanol–water partition coefficient (Wildman–Crippen LogP) is 3.43. The smallest absolute Gasteiger partial charge is 0.0809 e. The lowest BCUT2D eigenvalue weighted by atomic mass is 9.71. The number of nitrogens with zero attached hydrogens (tertiary/aromatic N) is 1. The molecule has 5 heteroatoms. The first kappa shape index (κ1) is 22.5. The van der Waals surface area contributed by atoms with Gasteiger partial charge in [-0.05, 0) is 44.9 Å². The van der Waals surface area contributed by atoms with Crippen molar-refractivity contribution in [2.45, 2.75) is 82.0 Å². The molecule has 0 aromatic heterocycles. The fourth-order valence-corrected chi connectivity index (χ4v) is 5.73. The largest absolute Gasteiger partial charge is 0.389 e. The molecule has 1 saturated carbocycles. The van der Waals surface area contributed by atoms with Crippen molar-refractivity contribution in [3.63, 3.8) is 0 Å². The van der Waals surface area contributed by atoms with Gasteiger partial charge in [0.25, 0.3) is 0 Å². The predicted molar refractivity (Wildman–Crippen MR) is 121 cm³/mol. The molecular formula is C25H42N2O3. The van der Waals surface area contributed by atoms with E-state index in [1.165, 1.54) is 18.4 Å². The molecule has 0 radical (unpaired) electrons. The van der Waals surface area contributed by atoms with Gasteiger partial charge in [0, 0.05) is 38.6 Å². The van der Waals surface area contributed by atoms with Crippen LogP contribution >= 0.6 is 0 Å². The van der Waals surface area contributed by atoms with E-state index in [-0.39, 0.29) is 18.1 Å². The van der Waals surface area contributed by atoms with Crippen LogP contribution in [0.2, 0.25) is 0 Å². The van der Waals surface area contributed by atoms with Crippen LogP contribution in [0.15, 0.2) is 23.8 Å². The van der Waals surface area contributed by atoms with Gasteiger partial charge in [-0.1, -0.05) is 43.1 Å². The number of hydrogen-bond acceptors (Lipinski definition) is 5. The Morgan fingerprint density at radius 1 is 1.17 bits per heavy atom. The number of piperazine rings is 1. The van der Waals surface area contributed by atoms with E-state index >= 15 is 0 Å². The molecule has 0 spiro atoms. The van der Waals surface area contributed by atoms with E-state index in [9.17, 15) is 5.11 Å². The number of nitrogens with one attached hydrogen (secondary N) is 1. The van der Waals surface area contributed by atoms with E-state index in [4.69, 9.17) is 9.47 Å². The topological polar surface area (TPSA) is 54.0 Å². The third kappa shape index (κ3) is 6.17. The number of hydrogen-bond donors (Lipinski definition) is 2. The Bertz CT molecular complexity index is 571. The summed E-state index contributed by atoms with van der Waals surface area (Å²) >= 11 is 0. The lowest BCUT2D eigenvalue weighted by Crippen LogP contribution is -2.55. The molecule has 2 N–H and O–H groups in total. The molecule has 2 saturated heterocycles. The second-order valence-corrected chi connectivity index (χ2v) is 9.77. The molecule has 0 bridgehead atoms. The summed E-state index contributed by atoms with van der Waals surface area (Å²) in [5.74, 6) is 0.217. The van der Waals surface area contributed by atoms with Gasteiger partial charge in [-0.25, -0.2) is 0 Å². The summed E-state index contributed by atoms with van der Waals surface area (Å²) in [4.78, 5) is 2.53. The first-order chi connectivity index (χ1) is 14.7. The molecule has 4 rings (SSSR count). The number of aliphatic hydroxyl groups is 1. The van der Waals surface area contributed by atoms with Crippen LogP contribution in [0.25, 0.3) is 0 Å². The summed E-state index contributed by atoms with van der Waals surface area (Å²) in [6.07, 6.45) is 18.0. The van der Waals surface area contributed by atoms with Crippen LogP contribution in [0.5, 0.6) is 0 Å². The van der Waals surface area contributed by atoms with Gasteiger partial charge in [-0.2, -0.15) is 0 Å². The van der Waals surface area contributed by atoms with E-state index in [2.05, 4.69) is 28.4 Å². The molecule has 170 valence electrons. The fraction of sp³-hybridized carbons (Fsp3) is 0.840. The van der Waals surface area contributed by atoms with E-state index in [0.29, 0.717) is 6.61 Å². The third-order valence-electron chi connectivity index (χ3n) is 7.61. The molecule has 4 aliphatic rings. The van der Waals surface area contributed by atoms with Crippen molar-refractivity contribution in [3.8, 4) is 0 Å². The SMILES string of the molecule is OC1(C(CN2CCNCC2)C2CCC(OCCC3=CCCC=C3)CO2)CCCCC1. The molecule has 2 heterocycles. The first-order valence-electron chi connectivity index (χ1n) is 12.5. The maximum atomic E-state index is 11.6. The minimum atomic E-state index is -0.554. The van der Waals surface area contributed by atoms with E-state index in [0.717, 1.165) is 90.7 Å². The monoisotopic (exact) mass is 418 g/mol. The molecule has 3 unspecified atom stereocenters. The van der Waals surface area contributed by atoms with Gasteiger partial charge in [-0.15, -0.1) is 0 Å². The van der Waals surface area contributed by atoms with Crippen LogP contribution in [0.4, 0.5) is 0 Å². The summed E-state index contributed by atoms with van der Waals surface area (Å²) in [6.45, 7) is 6.69. The fourth-order valence-electron chi connectivity index (χ4n) is 5.73. The van der Waals surface area contributed by atoms with Gasteiger partial charge < -0.3 is 24.8 Å². The number of ether oxygens (including phenoxy) is 2. The van der Waals surface area contributed by atoms with Crippen molar-refractivity contribution in [2.75, 3.05) is 45.9 Å². The van der Waals surface area contributed by atoms with Gasteiger partial charge in [0.05, 0.1) is 31.0 Å². The van der Waals surface area contributed by atoms with Crippen LogP contribution in [0.3, 0.4) is 0 Å². The second kappa shape index (κ2) is 11.2. The Hall–Kier alpha value is -0.720. The molecule has 30 heavy (non-hydrogen) atoms. The van der Waals surface area contributed by atoms with Crippen molar-refractivity contribution >= 4 is 0 Å². The first-order valence-corrected chi connectivity index (χ1v) is 12.5. The summed E-state index contributed by atoms with van der Waals surface area (Å²) in [5, 5.41) is 15.0. The van der Waals surface area contributed by atoms with E-state index in [1.807, 2.05) is 0 Å². The average Bonchev–Trinajstić information content (AvgIpc) is 2.80. The van der Waals surface area contributed by atoms with Crippen molar-refractivity contribution < 1.29 is 14.6 Å². The molecule has 3 atom stereocenters. The van der Waals surface area contributed by atoms with Crippen molar-refractivity contribution in [1.29, 1.82) is 0 Å². The van der Waals surface area contributed by atoms with Gasteiger partial charge in [0.2, 0.25) is 0 Å². The van der Waals surface area contributed by atoms with Crippen LogP contribution in [-0.2, 0) is 9.47 Å². The summed E-state index contributed by atoms with van der Waals surface area (Å²) in [6, 6.07) is 0. The van der Waals surface area contributed by atoms with Crippen LogP contribution in [0, 0.1) is 5.92 Å². The summed E-state index contributed by atoms with van der Waals surface area (Å²) < 4.78 is 12.6. The highest BCUT2D eigenvalue weighted by Gasteiger charge is 2.44.